The van der Waals surface area contributed by atoms with Crippen LogP contribution in [0.4, 0.5) is 0 Å². The summed E-state index contributed by atoms with van der Waals surface area (Å²) in [6.45, 7) is 5.17. The smallest absolute Gasteiger partial charge is 0.244 e. The molecule has 0 aliphatic rings. The summed E-state index contributed by atoms with van der Waals surface area (Å²) in [4.78, 5) is 12.0. The lowest BCUT2D eigenvalue weighted by Crippen LogP contribution is -2.21. The minimum Gasteiger partial charge on any atom is -0.465 e. The molecule has 1 amide bonds. The highest BCUT2D eigenvalue weighted by Crippen LogP contribution is 2.14. The van der Waals surface area contributed by atoms with Crippen LogP contribution in [0, 0.1) is 13.8 Å². The van der Waals surface area contributed by atoms with Gasteiger partial charge in [0, 0.05) is 23.9 Å². The minimum absolute atomic E-state index is 0.161. The normalized spacial score (nSPS) is 11.1. The molecule has 2 heterocycles. The molecule has 0 radical (unpaired) electrons. The van der Waals surface area contributed by atoms with Gasteiger partial charge in [0.05, 0.1) is 18.5 Å². The molecule has 0 bridgehead atoms. The van der Waals surface area contributed by atoms with Gasteiger partial charge in [0.1, 0.15) is 5.76 Å². The Bertz CT molecular complexity index is 862. The molecule has 1 N–H and O–H groups in total. The van der Waals surface area contributed by atoms with Crippen molar-refractivity contribution in [3.8, 4) is 0 Å². The van der Waals surface area contributed by atoms with Crippen molar-refractivity contribution in [2.75, 3.05) is 0 Å². The Balaban J connectivity index is 1.63. The fourth-order valence-electron chi connectivity index (χ4n) is 2.68. The van der Waals surface area contributed by atoms with E-state index in [4.69, 9.17) is 4.42 Å². The van der Waals surface area contributed by atoms with Crippen molar-refractivity contribution >= 4 is 12.0 Å². The summed E-state index contributed by atoms with van der Waals surface area (Å²) in [7, 11) is 0. The molecule has 3 rings (SSSR count). The van der Waals surface area contributed by atoms with E-state index in [0.717, 1.165) is 23.5 Å². The van der Waals surface area contributed by atoms with E-state index in [1.54, 1.807) is 24.5 Å². The highest BCUT2D eigenvalue weighted by Gasteiger charge is 2.12. The van der Waals surface area contributed by atoms with E-state index < -0.39 is 0 Å². The van der Waals surface area contributed by atoms with Gasteiger partial charge in [-0.25, -0.2) is 0 Å². The van der Waals surface area contributed by atoms with Gasteiger partial charge in [0.25, 0.3) is 0 Å². The minimum atomic E-state index is -0.161. The maximum absolute atomic E-state index is 12.0. The van der Waals surface area contributed by atoms with Crippen LogP contribution in [0.1, 0.15) is 28.3 Å². The molecule has 0 aliphatic carbocycles. The van der Waals surface area contributed by atoms with Crippen LogP contribution >= 0.6 is 0 Å². The number of benzene rings is 1. The number of aryl methyl sites for hydroxylation is 1. The zero-order valence-electron chi connectivity index (χ0n) is 14.4. The van der Waals surface area contributed by atoms with Gasteiger partial charge < -0.3 is 9.73 Å². The fraction of sp³-hybridized carbons (Fsp3) is 0.200. The number of carbonyl (C=O) groups is 1. The first-order chi connectivity index (χ1) is 12.1. The number of hydrogen-bond acceptors (Lipinski definition) is 3. The second-order valence-electron chi connectivity index (χ2n) is 5.86. The van der Waals surface area contributed by atoms with Crippen LogP contribution in [0.3, 0.4) is 0 Å². The predicted molar refractivity (Wildman–Crippen MR) is 96.8 cm³/mol. The van der Waals surface area contributed by atoms with Gasteiger partial charge in [-0.2, -0.15) is 5.10 Å². The third-order valence-electron chi connectivity index (χ3n) is 4.09. The molecule has 3 aromatic rings. The van der Waals surface area contributed by atoms with Gasteiger partial charge in [0.15, 0.2) is 0 Å². The molecule has 0 atom stereocenters. The summed E-state index contributed by atoms with van der Waals surface area (Å²) >= 11 is 0. The Morgan fingerprint density at radius 1 is 1.20 bits per heavy atom. The van der Waals surface area contributed by atoms with Gasteiger partial charge in [-0.05, 0) is 37.6 Å². The average molecular weight is 335 g/mol. The molecule has 0 fully saturated rings. The number of hydrogen-bond donors (Lipinski definition) is 1. The van der Waals surface area contributed by atoms with Crippen molar-refractivity contribution in [2.24, 2.45) is 0 Å². The highest BCUT2D eigenvalue weighted by atomic mass is 16.3. The number of nitrogens with one attached hydrogen (secondary N) is 1. The van der Waals surface area contributed by atoms with Crippen LogP contribution in [-0.2, 0) is 17.9 Å². The van der Waals surface area contributed by atoms with E-state index >= 15 is 0 Å². The molecule has 128 valence electrons. The molecular weight excluding hydrogens is 314 g/mol. The Labute approximate surface area is 147 Å². The Kier molecular flexibility index (Phi) is 5.14. The number of carbonyl (C=O) groups excluding carboxylic acids is 1. The molecule has 0 unspecified atom stereocenters. The predicted octanol–water partition coefficient (Wildman–Crippen LogP) is 3.47. The first kappa shape index (κ1) is 16.8. The lowest BCUT2D eigenvalue weighted by atomic mass is 10.2. The number of nitrogens with zero attached hydrogens (tertiary/aromatic N) is 2. The molecule has 0 saturated heterocycles. The number of rotatable bonds is 6. The first-order valence-electron chi connectivity index (χ1n) is 8.19. The lowest BCUT2D eigenvalue weighted by Gasteiger charge is -2.06. The van der Waals surface area contributed by atoms with E-state index in [9.17, 15) is 4.79 Å². The monoisotopic (exact) mass is 335 g/mol. The fourth-order valence-corrected chi connectivity index (χ4v) is 2.68. The maximum Gasteiger partial charge on any atom is 0.244 e. The van der Waals surface area contributed by atoms with Crippen molar-refractivity contribution in [3.05, 3.63) is 83.1 Å². The average Bonchev–Trinajstić information content (AvgIpc) is 3.22. The summed E-state index contributed by atoms with van der Waals surface area (Å²) in [5.74, 6) is 0.490. The third-order valence-corrected chi connectivity index (χ3v) is 4.09. The van der Waals surface area contributed by atoms with Gasteiger partial charge >= 0.3 is 0 Å². The van der Waals surface area contributed by atoms with E-state index in [-0.39, 0.29) is 5.91 Å². The number of furan rings is 1. The standard InChI is InChI=1S/C20H21N3O2/c1-15-19(13-21-20(24)11-10-18-9-6-12-25-18)16(2)23(22-15)14-17-7-4-3-5-8-17/h3-12H,13-14H2,1-2H3,(H,21,24)/b11-10+. The Morgan fingerprint density at radius 2 is 2.00 bits per heavy atom. The van der Waals surface area contributed by atoms with E-state index in [1.165, 1.54) is 11.6 Å². The Morgan fingerprint density at radius 3 is 2.72 bits per heavy atom. The van der Waals surface area contributed by atoms with Crippen LogP contribution in [0.5, 0.6) is 0 Å². The van der Waals surface area contributed by atoms with Crippen molar-refractivity contribution in [1.29, 1.82) is 0 Å². The molecule has 5 heteroatoms. The molecule has 5 nitrogen and oxygen atoms in total. The number of aromatic nitrogens is 2. The zero-order valence-corrected chi connectivity index (χ0v) is 14.4. The van der Waals surface area contributed by atoms with Crippen LogP contribution in [-0.4, -0.2) is 15.7 Å². The van der Waals surface area contributed by atoms with Crippen LogP contribution in [0.15, 0.2) is 59.2 Å². The lowest BCUT2D eigenvalue weighted by molar-refractivity contribution is -0.116. The quantitative estimate of drug-likeness (QED) is 0.702. The van der Waals surface area contributed by atoms with Crippen molar-refractivity contribution in [1.82, 2.24) is 15.1 Å². The third kappa shape index (κ3) is 4.26. The zero-order chi connectivity index (χ0) is 17.6. The van der Waals surface area contributed by atoms with E-state index in [2.05, 4.69) is 22.5 Å². The largest absolute Gasteiger partial charge is 0.465 e. The topological polar surface area (TPSA) is 60.1 Å². The molecule has 2 aromatic heterocycles. The summed E-state index contributed by atoms with van der Waals surface area (Å²) in [6.07, 6.45) is 4.69. The number of amides is 1. The van der Waals surface area contributed by atoms with Crippen LogP contribution in [0.25, 0.3) is 6.08 Å². The molecule has 25 heavy (non-hydrogen) atoms. The molecule has 0 saturated carbocycles. The second kappa shape index (κ2) is 7.66. The summed E-state index contributed by atoms with van der Waals surface area (Å²) in [5, 5.41) is 7.50. The SMILES string of the molecule is Cc1nn(Cc2ccccc2)c(C)c1CNC(=O)/C=C/c1ccco1. The van der Waals surface area contributed by atoms with Gasteiger partial charge in [-0.1, -0.05) is 30.3 Å². The second-order valence-corrected chi connectivity index (χ2v) is 5.86. The van der Waals surface area contributed by atoms with E-state index in [0.29, 0.717) is 12.3 Å². The first-order valence-corrected chi connectivity index (χ1v) is 8.19. The Hall–Kier alpha value is -3.08. The molecule has 0 spiro atoms. The molecular formula is C20H21N3O2. The van der Waals surface area contributed by atoms with Crippen molar-refractivity contribution in [2.45, 2.75) is 26.9 Å². The summed E-state index contributed by atoms with van der Waals surface area (Å²) in [5.41, 5.74) is 4.25. The maximum atomic E-state index is 12.0. The van der Waals surface area contributed by atoms with Gasteiger partial charge in [-0.3, -0.25) is 9.48 Å². The van der Waals surface area contributed by atoms with Crippen molar-refractivity contribution in [3.63, 3.8) is 0 Å². The molecule has 0 aliphatic heterocycles. The molecule has 1 aromatic carbocycles. The van der Waals surface area contributed by atoms with Gasteiger partial charge in [0.2, 0.25) is 5.91 Å². The van der Waals surface area contributed by atoms with E-state index in [1.807, 2.05) is 36.7 Å². The van der Waals surface area contributed by atoms with Gasteiger partial charge in [-0.15, -0.1) is 0 Å². The van der Waals surface area contributed by atoms with Crippen LogP contribution in [0.2, 0.25) is 0 Å². The highest BCUT2D eigenvalue weighted by molar-refractivity contribution is 5.91. The van der Waals surface area contributed by atoms with Crippen molar-refractivity contribution < 1.29 is 9.21 Å². The summed E-state index contributed by atoms with van der Waals surface area (Å²) < 4.78 is 7.14. The summed E-state index contributed by atoms with van der Waals surface area (Å²) in [6, 6.07) is 13.8. The van der Waals surface area contributed by atoms with Crippen LogP contribution < -0.4 is 5.32 Å².